The van der Waals surface area contributed by atoms with Gasteiger partial charge in [-0.3, -0.25) is 0 Å². The van der Waals surface area contributed by atoms with Crippen LogP contribution in [0.25, 0.3) is 0 Å². The van der Waals surface area contributed by atoms with Gasteiger partial charge in [-0.05, 0) is 44.2 Å². The fourth-order valence-corrected chi connectivity index (χ4v) is 2.44. The summed E-state index contributed by atoms with van der Waals surface area (Å²) in [6.07, 6.45) is 7.79. The predicted molar refractivity (Wildman–Crippen MR) is 85.5 cm³/mol. The lowest BCUT2D eigenvalue weighted by Crippen LogP contribution is -2.31. The minimum Gasteiger partial charge on any atom is -0.314 e. The Morgan fingerprint density at radius 1 is 1.05 bits per heavy atom. The molecule has 0 saturated carbocycles. The third-order valence-electron chi connectivity index (χ3n) is 4.01. The normalized spacial score (nSPS) is 14.3. The predicted octanol–water partition coefficient (Wildman–Crippen LogP) is 4.81. The molecule has 2 atom stereocenters. The summed E-state index contributed by atoms with van der Waals surface area (Å²) in [5, 5.41) is 3.71. The van der Waals surface area contributed by atoms with E-state index in [1.165, 1.54) is 50.6 Å². The molecule has 0 radical (unpaired) electrons. The van der Waals surface area contributed by atoms with E-state index in [1.54, 1.807) is 0 Å². The first-order valence-corrected chi connectivity index (χ1v) is 8.03. The number of hydrogen-bond acceptors (Lipinski definition) is 1. The van der Waals surface area contributed by atoms with Crippen LogP contribution >= 0.6 is 0 Å². The molecule has 2 unspecified atom stereocenters. The van der Waals surface area contributed by atoms with Crippen molar-refractivity contribution in [2.24, 2.45) is 5.92 Å². The fraction of sp³-hybridized carbons (Fsp3) is 0.667. The highest BCUT2D eigenvalue weighted by Crippen LogP contribution is 2.12. The molecule has 0 aliphatic heterocycles. The van der Waals surface area contributed by atoms with Gasteiger partial charge in [0, 0.05) is 6.04 Å². The number of unbranched alkanes of at least 4 members (excludes halogenated alkanes) is 1. The van der Waals surface area contributed by atoms with Crippen LogP contribution in [0.1, 0.15) is 58.4 Å². The molecule has 0 amide bonds. The quantitative estimate of drug-likeness (QED) is 0.637. The average Bonchev–Trinajstić information content (AvgIpc) is 2.46. The van der Waals surface area contributed by atoms with Crippen LogP contribution in [0.5, 0.6) is 0 Å². The first-order chi connectivity index (χ1) is 9.26. The van der Waals surface area contributed by atoms with Crippen molar-refractivity contribution in [3.63, 3.8) is 0 Å². The van der Waals surface area contributed by atoms with Gasteiger partial charge < -0.3 is 5.32 Å². The number of rotatable bonds is 10. The zero-order valence-electron chi connectivity index (χ0n) is 13.0. The lowest BCUT2D eigenvalue weighted by Gasteiger charge is -2.19. The highest BCUT2D eigenvalue weighted by Gasteiger charge is 2.08. The second kappa shape index (κ2) is 10.0. The minimum atomic E-state index is 0.621. The Labute approximate surface area is 119 Å². The van der Waals surface area contributed by atoms with E-state index in [0.29, 0.717) is 6.04 Å². The maximum atomic E-state index is 3.71. The number of nitrogens with one attached hydrogen (secondary N) is 1. The van der Waals surface area contributed by atoms with E-state index in [-0.39, 0.29) is 0 Å². The summed E-state index contributed by atoms with van der Waals surface area (Å²) in [4.78, 5) is 0. The standard InChI is InChI=1S/C18H31N/c1-4-6-10-17(5-2)15-19-16(3)13-14-18-11-8-7-9-12-18/h7-9,11-12,16-17,19H,4-6,10,13-15H2,1-3H3. The van der Waals surface area contributed by atoms with Crippen LogP contribution in [-0.4, -0.2) is 12.6 Å². The van der Waals surface area contributed by atoms with Crippen molar-refractivity contribution >= 4 is 0 Å². The van der Waals surface area contributed by atoms with Gasteiger partial charge in [-0.15, -0.1) is 0 Å². The van der Waals surface area contributed by atoms with Gasteiger partial charge in [-0.1, -0.05) is 63.4 Å². The van der Waals surface area contributed by atoms with E-state index in [1.807, 2.05) is 0 Å². The van der Waals surface area contributed by atoms with Gasteiger partial charge in [-0.25, -0.2) is 0 Å². The van der Waals surface area contributed by atoms with Crippen LogP contribution in [0.15, 0.2) is 30.3 Å². The van der Waals surface area contributed by atoms with Crippen LogP contribution < -0.4 is 5.32 Å². The first-order valence-electron chi connectivity index (χ1n) is 8.03. The molecule has 0 spiro atoms. The Morgan fingerprint density at radius 3 is 2.42 bits per heavy atom. The van der Waals surface area contributed by atoms with Gasteiger partial charge in [0.2, 0.25) is 0 Å². The fourth-order valence-electron chi connectivity index (χ4n) is 2.44. The Bertz CT molecular complexity index is 307. The van der Waals surface area contributed by atoms with Crippen molar-refractivity contribution in [2.75, 3.05) is 6.54 Å². The van der Waals surface area contributed by atoms with Crippen molar-refractivity contribution in [3.05, 3.63) is 35.9 Å². The van der Waals surface area contributed by atoms with Crippen molar-refractivity contribution < 1.29 is 0 Å². The number of hydrogen-bond donors (Lipinski definition) is 1. The van der Waals surface area contributed by atoms with E-state index < -0.39 is 0 Å². The van der Waals surface area contributed by atoms with Gasteiger partial charge >= 0.3 is 0 Å². The van der Waals surface area contributed by atoms with Crippen LogP contribution in [0.3, 0.4) is 0 Å². The molecule has 108 valence electrons. The van der Waals surface area contributed by atoms with E-state index >= 15 is 0 Å². The van der Waals surface area contributed by atoms with Crippen molar-refractivity contribution in [1.82, 2.24) is 5.32 Å². The van der Waals surface area contributed by atoms with Gasteiger partial charge in [-0.2, -0.15) is 0 Å². The second-order valence-electron chi connectivity index (χ2n) is 5.75. The smallest absolute Gasteiger partial charge is 0.00420 e. The Kier molecular flexibility index (Phi) is 8.57. The number of aryl methyl sites for hydroxylation is 1. The molecule has 19 heavy (non-hydrogen) atoms. The molecule has 0 aromatic heterocycles. The highest BCUT2D eigenvalue weighted by molar-refractivity contribution is 5.14. The molecule has 0 aliphatic carbocycles. The topological polar surface area (TPSA) is 12.0 Å². The van der Waals surface area contributed by atoms with Crippen LogP contribution in [0, 0.1) is 5.92 Å². The van der Waals surface area contributed by atoms with Crippen LogP contribution in [-0.2, 0) is 6.42 Å². The molecule has 1 nitrogen and oxygen atoms in total. The summed E-state index contributed by atoms with van der Waals surface area (Å²) in [6.45, 7) is 8.10. The summed E-state index contributed by atoms with van der Waals surface area (Å²) in [5.74, 6) is 0.860. The second-order valence-corrected chi connectivity index (χ2v) is 5.75. The molecule has 0 fully saturated rings. The van der Waals surface area contributed by atoms with Crippen LogP contribution in [0.2, 0.25) is 0 Å². The molecule has 0 heterocycles. The summed E-state index contributed by atoms with van der Waals surface area (Å²) in [7, 11) is 0. The Balaban J connectivity index is 2.18. The molecule has 1 N–H and O–H groups in total. The van der Waals surface area contributed by atoms with Crippen LogP contribution in [0.4, 0.5) is 0 Å². The zero-order chi connectivity index (χ0) is 13.9. The van der Waals surface area contributed by atoms with E-state index in [0.717, 1.165) is 5.92 Å². The highest BCUT2D eigenvalue weighted by atomic mass is 14.9. The third kappa shape index (κ3) is 7.37. The average molecular weight is 261 g/mol. The Hall–Kier alpha value is -0.820. The lowest BCUT2D eigenvalue weighted by atomic mass is 9.98. The van der Waals surface area contributed by atoms with Crippen molar-refractivity contribution in [1.29, 1.82) is 0 Å². The molecular weight excluding hydrogens is 230 g/mol. The van der Waals surface area contributed by atoms with Gasteiger partial charge in [0.15, 0.2) is 0 Å². The molecule has 1 rings (SSSR count). The molecular formula is C18H31N. The lowest BCUT2D eigenvalue weighted by molar-refractivity contribution is 0.388. The van der Waals surface area contributed by atoms with Crippen molar-refractivity contribution in [2.45, 2.75) is 65.3 Å². The molecule has 0 aliphatic rings. The van der Waals surface area contributed by atoms with Gasteiger partial charge in [0.25, 0.3) is 0 Å². The van der Waals surface area contributed by atoms with Gasteiger partial charge in [0.05, 0.1) is 0 Å². The maximum Gasteiger partial charge on any atom is 0.00420 e. The zero-order valence-corrected chi connectivity index (χ0v) is 13.0. The molecule has 0 bridgehead atoms. The number of benzene rings is 1. The van der Waals surface area contributed by atoms with Crippen molar-refractivity contribution in [3.8, 4) is 0 Å². The SMILES string of the molecule is CCCCC(CC)CNC(C)CCc1ccccc1. The van der Waals surface area contributed by atoms with Gasteiger partial charge in [0.1, 0.15) is 0 Å². The molecule has 0 saturated heterocycles. The molecule has 1 heteroatoms. The molecule has 1 aromatic rings. The van der Waals surface area contributed by atoms with E-state index in [9.17, 15) is 0 Å². The largest absolute Gasteiger partial charge is 0.314 e. The van der Waals surface area contributed by atoms with E-state index in [4.69, 9.17) is 0 Å². The summed E-state index contributed by atoms with van der Waals surface area (Å²) in [6, 6.07) is 11.4. The summed E-state index contributed by atoms with van der Waals surface area (Å²) >= 11 is 0. The summed E-state index contributed by atoms with van der Waals surface area (Å²) in [5.41, 5.74) is 1.45. The summed E-state index contributed by atoms with van der Waals surface area (Å²) < 4.78 is 0. The minimum absolute atomic E-state index is 0.621. The van der Waals surface area contributed by atoms with E-state index in [2.05, 4.69) is 56.4 Å². The first kappa shape index (κ1) is 16.2. The maximum absolute atomic E-state index is 3.71. The monoisotopic (exact) mass is 261 g/mol. The third-order valence-corrected chi connectivity index (χ3v) is 4.01. The molecule has 1 aromatic carbocycles. The Morgan fingerprint density at radius 2 is 1.79 bits per heavy atom.